The van der Waals surface area contributed by atoms with Crippen LogP contribution in [0.2, 0.25) is 0 Å². The number of carbonyl (C=O) groups is 3. The third kappa shape index (κ3) is 4.16. The van der Waals surface area contributed by atoms with Crippen LogP contribution in [-0.4, -0.2) is 57.7 Å². The fourth-order valence-electron chi connectivity index (χ4n) is 3.07. The molecule has 1 aliphatic rings. The second kappa shape index (κ2) is 7.87. The monoisotopic (exact) mass is 386 g/mol. The van der Waals surface area contributed by atoms with E-state index in [2.05, 4.69) is 4.98 Å². The van der Waals surface area contributed by atoms with E-state index >= 15 is 0 Å². The van der Waals surface area contributed by atoms with Gasteiger partial charge in [-0.3, -0.25) is 19.5 Å². The van der Waals surface area contributed by atoms with Crippen molar-refractivity contribution in [2.45, 2.75) is 32.5 Å². The summed E-state index contributed by atoms with van der Waals surface area (Å²) in [5.74, 6) is -0.502. The predicted octanol–water partition coefficient (Wildman–Crippen LogP) is 2.26. The second-order valence-electron chi connectivity index (χ2n) is 6.63. The van der Waals surface area contributed by atoms with Crippen LogP contribution in [0.4, 0.5) is 4.79 Å². The molecule has 1 fully saturated rings. The highest BCUT2D eigenvalue weighted by Gasteiger charge is 2.42. The second-order valence-corrected chi connectivity index (χ2v) is 8.00. The van der Waals surface area contributed by atoms with Crippen LogP contribution in [0.25, 0.3) is 0 Å². The summed E-state index contributed by atoms with van der Waals surface area (Å²) in [5, 5.41) is 0. The normalized spacial score (nSPS) is 16.9. The first kappa shape index (κ1) is 19.0. The molecule has 2 aromatic heterocycles. The van der Waals surface area contributed by atoms with Gasteiger partial charge in [0.1, 0.15) is 6.04 Å². The highest BCUT2D eigenvalue weighted by Crippen LogP contribution is 2.22. The van der Waals surface area contributed by atoms with Gasteiger partial charge in [0.2, 0.25) is 5.91 Å². The van der Waals surface area contributed by atoms with Crippen molar-refractivity contribution in [2.75, 3.05) is 14.1 Å². The number of hydrogen-bond donors (Lipinski definition) is 0. The molecule has 3 rings (SSSR count). The molecule has 1 atom stereocenters. The molecule has 7 nitrogen and oxygen atoms in total. The molecule has 0 radical (unpaired) electrons. The van der Waals surface area contributed by atoms with Gasteiger partial charge < -0.3 is 9.80 Å². The average molecular weight is 386 g/mol. The Balaban J connectivity index is 1.77. The number of imide groups is 1. The van der Waals surface area contributed by atoms with E-state index in [0.29, 0.717) is 13.1 Å². The van der Waals surface area contributed by atoms with Gasteiger partial charge in [0.25, 0.3) is 5.91 Å². The Kier molecular flexibility index (Phi) is 5.55. The predicted molar refractivity (Wildman–Crippen MR) is 102 cm³/mol. The maximum Gasteiger partial charge on any atom is 0.326 e. The van der Waals surface area contributed by atoms with E-state index in [4.69, 9.17) is 0 Å². The molecule has 1 aliphatic heterocycles. The summed E-state index contributed by atoms with van der Waals surface area (Å²) in [6.07, 6.45) is 3.35. The van der Waals surface area contributed by atoms with Crippen LogP contribution in [0.5, 0.6) is 0 Å². The lowest BCUT2D eigenvalue weighted by Gasteiger charge is -2.25. The number of amides is 4. The molecule has 1 saturated heterocycles. The number of rotatable bonds is 6. The number of carbonyl (C=O) groups excluding carboxylic acids is 3. The molecule has 4 amide bonds. The lowest BCUT2D eigenvalue weighted by molar-refractivity contribution is -0.137. The summed E-state index contributed by atoms with van der Waals surface area (Å²) in [6.45, 7) is 2.91. The van der Waals surface area contributed by atoms with Gasteiger partial charge in [-0.2, -0.15) is 0 Å². The Bertz CT molecular complexity index is 852. The standard InChI is InChI=1S/C19H22N4O3S/c1-13-4-5-15(27-13)12-23(11-14-6-8-20-9-7-14)17(24)10-16-18(25)22(3)19(26)21(16)2/h4-9,16H,10-12H2,1-3H3/t16-/m1/s1. The molecule has 142 valence electrons. The number of urea groups is 1. The lowest BCUT2D eigenvalue weighted by Crippen LogP contribution is -2.39. The van der Waals surface area contributed by atoms with Crippen molar-refractivity contribution in [3.8, 4) is 0 Å². The Hall–Kier alpha value is -2.74. The summed E-state index contributed by atoms with van der Waals surface area (Å²) in [5.41, 5.74) is 0.964. The number of aromatic nitrogens is 1. The van der Waals surface area contributed by atoms with Crippen molar-refractivity contribution in [1.29, 1.82) is 0 Å². The quantitative estimate of drug-likeness (QED) is 0.714. The highest BCUT2D eigenvalue weighted by molar-refractivity contribution is 7.11. The first-order valence-corrected chi connectivity index (χ1v) is 9.45. The summed E-state index contributed by atoms with van der Waals surface area (Å²) < 4.78 is 0. The topological polar surface area (TPSA) is 73.8 Å². The third-order valence-corrected chi connectivity index (χ3v) is 5.64. The molecule has 3 heterocycles. The molecule has 0 saturated carbocycles. The summed E-state index contributed by atoms with van der Waals surface area (Å²) in [7, 11) is 2.99. The van der Waals surface area contributed by atoms with E-state index in [-0.39, 0.29) is 24.3 Å². The van der Waals surface area contributed by atoms with E-state index in [1.165, 1.54) is 16.8 Å². The summed E-state index contributed by atoms with van der Waals surface area (Å²) >= 11 is 1.64. The van der Waals surface area contributed by atoms with Crippen molar-refractivity contribution >= 4 is 29.2 Å². The fraction of sp³-hybridized carbons (Fsp3) is 0.368. The molecule has 0 spiro atoms. The van der Waals surface area contributed by atoms with Gasteiger partial charge in [-0.25, -0.2) is 4.79 Å². The molecular weight excluding hydrogens is 364 g/mol. The zero-order valence-corrected chi connectivity index (χ0v) is 16.4. The largest absolute Gasteiger partial charge is 0.333 e. The minimum Gasteiger partial charge on any atom is -0.333 e. The van der Waals surface area contributed by atoms with Crippen LogP contribution in [0.3, 0.4) is 0 Å². The lowest BCUT2D eigenvalue weighted by atomic mass is 10.1. The minimum atomic E-state index is -0.750. The molecule has 0 aromatic carbocycles. The van der Waals surface area contributed by atoms with Gasteiger partial charge >= 0.3 is 6.03 Å². The Morgan fingerprint density at radius 3 is 2.41 bits per heavy atom. The van der Waals surface area contributed by atoms with Gasteiger partial charge in [0, 0.05) is 42.8 Å². The van der Waals surface area contributed by atoms with Crippen molar-refractivity contribution < 1.29 is 14.4 Å². The number of hydrogen-bond acceptors (Lipinski definition) is 5. The van der Waals surface area contributed by atoms with E-state index in [1.54, 1.807) is 35.7 Å². The van der Waals surface area contributed by atoms with E-state index in [0.717, 1.165) is 15.3 Å². The number of aryl methyl sites for hydroxylation is 1. The zero-order chi connectivity index (χ0) is 19.6. The maximum absolute atomic E-state index is 13.0. The SMILES string of the molecule is Cc1ccc(CN(Cc2ccncc2)C(=O)C[C@@H]2C(=O)N(C)C(=O)N2C)s1. The zero-order valence-electron chi connectivity index (χ0n) is 15.6. The van der Waals surface area contributed by atoms with Gasteiger partial charge in [-0.05, 0) is 36.8 Å². The van der Waals surface area contributed by atoms with E-state index < -0.39 is 6.04 Å². The molecule has 8 heteroatoms. The molecule has 0 N–H and O–H groups in total. The van der Waals surface area contributed by atoms with E-state index in [9.17, 15) is 14.4 Å². The highest BCUT2D eigenvalue weighted by atomic mass is 32.1. The average Bonchev–Trinajstić information content (AvgIpc) is 3.15. The first-order valence-electron chi connectivity index (χ1n) is 8.63. The molecule has 0 bridgehead atoms. The van der Waals surface area contributed by atoms with Crippen LogP contribution in [0, 0.1) is 6.92 Å². The first-order chi connectivity index (χ1) is 12.9. The van der Waals surface area contributed by atoms with Gasteiger partial charge in [-0.15, -0.1) is 11.3 Å². The van der Waals surface area contributed by atoms with Crippen molar-refractivity contribution in [3.63, 3.8) is 0 Å². The van der Waals surface area contributed by atoms with Crippen LogP contribution in [-0.2, 0) is 22.7 Å². The Morgan fingerprint density at radius 1 is 1.15 bits per heavy atom. The number of likely N-dealkylation sites (N-methyl/N-ethyl adjacent to an activating group) is 2. The Labute approximate surface area is 162 Å². The smallest absolute Gasteiger partial charge is 0.326 e. The molecule has 2 aromatic rings. The van der Waals surface area contributed by atoms with Crippen LogP contribution in [0.1, 0.15) is 21.7 Å². The molecule has 0 unspecified atom stereocenters. The number of pyridine rings is 1. The molecular formula is C19H22N4O3S. The van der Waals surface area contributed by atoms with Gasteiger partial charge in [0.05, 0.1) is 13.0 Å². The number of thiophene rings is 1. The molecule has 0 aliphatic carbocycles. The van der Waals surface area contributed by atoms with Crippen molar-refractivity contribution in [3.05, 3.63) is 52.0 Å². The Morgan fingerprint density at radius 2 is 1.85 bits per heavy atom. The van der Waals surface area contributed by atoms with Crippen molar-refractivity contribution in [1.82, 2.24) is 19.7 Å². The number of nitrogens with zero attached hydrogens (tertiary/aromatic N) is 4. The van der Waals surface area contributed by atoms with Crippen LogP contribution < -0.4 is 0 Å². The van der Waals surface area contributed by atoms with E-state index in [1.807, 2.05) is 31.2 Å². The molecule has 27 heavy (non-hydrogen) atoms. The van der Waals surface area contributed by atoms with Crippen LogP contribution >= 0.6 is 11.3 Å². The van der Waals surface area contributed by atoms with Gasteiger partial charge in [-0.1, -0.05) is 0 Å². The van der Waals surface area contributed by atoms with Gasteiger partial charge in [0.15, 0.2) is 0 Å². The third-order valence-electron chi connectivity index (χ3n) is 4.66. The minimum absolute atomic E-state index is 0.0269. The van der Waals surface area contributed by atoms with Crippen molar-refractivity contribution in [2.24, 2.45) is 0 Å². The fourth-order valence-corrected chi connectivity index (χ4v) is 3.98. The van der Waals surface area contributed by atoms with Crippen LogP contribution in [0.15, 0.2) is 36.7 Å². The summed E-state index contributed by atoms with van der Waals surface area (Å²) in [4.78, 5) is 47.7. The maximum atomic E-state index is 13.0. The summed E-state index contributed by atoms with van der Waals surface area (Å²) in [6, 6.07) is 6.63.